The van der Waals surface area contributed by atoms with Gasteiger partial charge in [0.05, 0.1) is 4.92 Å². The maximum Gasteiger partial charge on any atom is 0.282 e. The number of aliphatic hydroxyl groups excluding tert-OH is 1. The number of amides is 1. The molecule has 0 aliphatic rings. The minimum atomic E-state index is -0.604. The Hall–Kier alpha value is -2.19. The summed E-state index contributed by atoms with van der Waals surface area (Å²) in [6.07, 6.45) is 0.419. The van der Waals surface area contributed by atoms with Gasteiger partial charge in [-0.2, -0.15) is 0 Å². The third kappa shape index (κ3) is 3.65. The molecule has 110 valence electrons. The molecule has 1 aromatic carbocycles. The van der Waals surface area contributed by atoms with Crippen LogP contribution in [0.5, 0.6) is 0 Å². The average molecular weight is 282 g/mol. The van der Waals surface area contributed by atoms with Crippen LogP contribution in [0.25, 0.3) is 0 Å². The molecule has 8 heteroatoms. The predicted octanol–water partition coefficient (Wildman–Crippen LogP) is 0.725. The number of nitro benzene ring substituents is 1. The van der Waals surface area contributed by atoms with Crippen molar-refractivity contribution < 1.29 is 14.8 Å². The lowest BCUT2D eigenvalue weighted by Gasteiger charge is -2.20. The number of anilines is 1. The largest absolute Gasteiger partial charge is 0.396 e. The van der Waals surface area contributed by atoms with Crippen LogP contribution in [0.15, 0.2) is 18.2 Å². The summed E-state index contributed by atoms with van der Waals surface area (Å²) in [5, 5.41) is 19.8. The highest BCUT2D eigenvalue weighted by molar-refractivity contribution is 5.99. The Morgan fingerprint density at radius 1 is 1.55 bits per heavy atom. The lowest BCUT2D eigenvalue weighted by molar-refractivity contribution is -0.385. The first kappa shape index (κ1) is 15.9. The van der Waals surface area contributed by atoms with Gasteiger partial charge in [0, 0.05) is 31.5 Å². The number of rotatable bonds is 7. The third-order valence-electron chi connectivity index (χ3n) is 2.85. The lowest BCUT2D eigenvalue weighted by atomic mass is 10.1. The molecule has 0 heterocycles. The molecule has 0 atom stereocenters. The first-order valence-electron chi connectivity index (χ1n) is 6.20. The fraction of sp³-hybridized carbons (Fsp3) is 0.417. The van der Waals surface area contributed by atoms with Crippen LogP contribution in [-0.2, 0) is 0 Å². The lowest BCUT2D eigenvalue weighted by Crippen LogP contribution is -2.32. The molecular formula is C12H18N4O4. The van der Waals surface area contributed by atoms with Crippen molar-refractivity contribution in [3.05, 3.63) is 33.9 Å². The average Bonchev–Trinajstić information content (AvgIpc) is 2.46. The van der Waals surface area contributed by atoms with Gasteiger partial charge in [-0.1, -0.05) is 0 Å². The maximum atomic E-state index is 12.3. The van der Waals surface area contributed by atoms with E-state index in [1.807, 2.05) is 0 Å². The number of benzene rings is 1. The van der Waals surface area contributed by atoms with Gasteiger partial charge in [-0.3, -0.25) is 20.8 Å². The van der Waals surface area contributed by atoms with E-state index in [2.05, 4.69) is 5.43 Å². The summed E-state index contributed by atoms with van der Waals surface area (Å²) in [6, 6.07) is 4.02. The molecule has 0 aliphatic heterocycles. The number of carbonyl (C=O) groups excluding carboxylic acids is 1. The van der Waals surface area contributed by atoms with Gasteiger partial charge in [0.15, 0.2) is 0 Å². The normalized spacial score (nSPS) is 10.2. The number of nitro groups is 1. The van der Waals surface area contributed by atoms with Crippen molar-refractivity contribution in [2.75, 3.05) is 25.1 Å². The van der Waals surface area contributed by atoms with Crippen molar-refractivity contribution in [3.8, 4) is 0 Å². The second kappa shape index (κ2) is 7.41. The van der Waals surface area contributed by atoms with Gasteiger partial charge in [-0.15, -0.1) is 0 Å². The number of nitrogens with zero attached hydrogens (tertiary/aromatic N) is 2. The number of hydrogen-bond acceptors (Lipinski definition) is 6. The number of nitrogens with one attached hydrogen (secondary N) is 1. The van der Waals surface area contributed by atoms with E-state index in [4.69, 9.17) is 10.9 Å². The summed E-state index contributed by atoms with van der Waals surface area (Å²) in [7, 11) is 0. The van der Waals surface area contributed by atoms with Crippen LogP contribution < -0.4 is 11.3 Å². The summed E-state index contributed by atoms with van der Waals surface area (Å²) in [5.74, 6) is 4.80. The molecule has 0 radical (unpaired) electrons. The highest BCUT2D eigenvalue weighted by Gasteiger charge is 2.24. The number of nitrogens with two attached hydrogens (primary N) is 1. The van der Waals surface area contributed by atoms with E-state index in [0.29, 0.717) is 25.2 Å². The van der Waals surface area contributed by atoms with Crippen LogP contribution in [0.1, 0.15) is 23.7 Å². The quantitative estimate of drug-likeness (QED) is 0.385. The van der Waals surface area contributed by atoms with Crippen LogP contribution in [0, 0.1) is 10.1 Å². The van der Waals surface area contributed by atoms with Crippen molar-refractivity contribution in [3.63, 3.8) is 0 Å². The fourth-order valence-electron chi connectivity index (χ4n) is 1.79. The van der Waals surface area contributed by atoms with Gasteiger partial charge >= 0.3 is 0 Å². The zero-order valence-electron chi connectivity index (χ0n) is 11.2. The van der Waals surface area contributed by atoms with Crippen molar-refractivity contribution in [2.24, 2.45) is 5.84 Å². The monoisotopic (exact) mass is 282 g/mol. The number of nitrogen functional groups attached to an aromatic ring is 1. The van der Waals surface area contributed by atoms with Crippen molar-refractivity contribution >= 4 is 17.3 Å². The molecule has 0 spiro atoms. The first-order valence-corrected chi connectivity index (χ1v) is 6.20. The summed E-state index contributed by atoms with van der Waals surface area (Å²) in [6.45, 7) is 2.46. The smallest absolute Gasteiger partial charge is 0.282 e. The van der Waals surface area contributed by atoms with Gasteiger partial charge in [0.2, 0.25) is 0 Å². The van der Waals surface area contributed by atoms with Gasteiger partial charge in [0.25, 0.3) is 11.6 Å². The van der Waals surface area contributed by atoms with E-state index in [1.165, 1.54) is 23.1 Å². The first-order chi connectivity index (χ1) is 9.54. The topological polar surface area (TPSA) is 122 Å². The van der Waals surface area contributed by atoms with E-state index in [-0.39, 0.29) is 17.9 Å². The molecule has 8 nitrogen and oxygen atoms in total. The SMILES string of the molecule is CCN(CCCO)C(=O)c1cc(NN)ccc1[N+](=O)[O-]. The summed E-state index contributed by atoms with van der Waals surface area (Å²) >= 11 is 0. The fourth-order valence-corrected chi connectivity index (χ4v) is 1.79. The van der Waals surface area contributed by atoms with E-state index in [9.17, 15) is 14.9 Å². The summed E-state index contributed by atoms with van der Waals surface area (Å²) in [4.78, 5) is 24.2. The maximum absolute atomic E-state index is 12.3. The van der Waals surface area contributed by atoms with E-state index in [1.54, 1.807) is 6.92 Å². The Balaban J connectivity index is 3.13. The minimum absolute atomic E-state index is 0.0229. The zero-order chi connectivity index (χ0) is 15.1. The molecule has 0 saturated carbocycles. The number of carbonyl (C=O) groups is 1. The predicted molar refractivity (Wildman–Crippen MR) is 74.2 cm³/mol. The molecular weight excluding hydrogens is 264 g/mol. The van der Waals surface area contributed by atoms with Gasteiger partial charge in [-0.25, -0.2) is 0 Å². The van der Waals surface area contributed by atoms with Crippen molar-refractivity contribution in [1.82, 2.24) is 4.90 Å². The van der Waals surface area contributed by atoms with Crippen LogP contribution >= 0.6 is 0 Å². The Morgan fingerprint density at radius 2 is 2.25 bits per heavy atom. The Labute approximate surface area is 116 Å². The molecule has 1 aromatic rings. The van der Waals surface area contributed by atoms with Crippen LogP contribution in [0.2, 0.25) is 0 Å². The van der Waals surface area contributed by atoms with Gasteiger partial charge in [0.1, 0.15) is 5.56 Å². The standard InChI is InChI=1S/C12H18N4O4/c1-2-15(6-3-7-17)12(18)10-8-9(14-13)4-5-11(10)16(19)20/h4-5,8,14,17H,2-3,6-7,13H2,1H3. The molecule has 0 fully saturated rings. The molecule has 0 unspecified atom stereocenters. The van der Waals surface area contributed by atoms with E-state index < -0.39 is 10.8 Å². The molecule has 0 aliphatic carbocycles. The second-order valence-electron chi connectivity index (χ2n) is 4.10. The second-order valence-corrected chi connectivity index (χ2v) is 4.10. The van der Waals surface area contributed by atoms with Gasteiger partial charge < -0.3 is 15.4 Å². The highest BCUT2D eigenvalue weighted by Crippen LogP contribution is 2.23. The molecule has 0 saturated heterocycles. The van der Waals surface area contributed by atoms with Gasteiger partial charge in [-0.05, 0) is 25.5 Å². The highest BCUT2D eigenvalue weighted by atomic mass is 16.6. The summed E-state index contributed by atoms with van der Waals surface area (Å²) in [5.41, 5.74) is 2.48. The van der Waals surface area contributed by atoms with Crippen LogP contribution in [-0.4, -0.2) is 40.5 Å². The molecule has 4 N–H and O–H groups in total. The Bertz CT molecular complexity index is 492. The molecule has 1 amide bonds. The third-order valence-corrected chi connectivity index (χ3v) is 2.85. The van der Waals surface area contributed by atoms with Crippen LogP contribution in [0.4, 0.5) is 11.4 Å². The molecule has 20 heavy (non-hydrogen) atoms. The molecule has 0 aromatic heterocycles. The number of hydrazine groups is 1. The zero-order valence-corrected chi connectivity index (χ0v) is 11.2. The Kier molecular flexibility index (Phi) is 5.88. The number of aliphatic hydroxyl groups is 1. The van der Waals surface area contributed by atoms with E-state index in [0.717, 1.165) is 0 Å². The van der Waals surface area contributed by atoms with Crippen molar-refractivity contribution in [1.29, 1.82) is 0 Å². The number of hydrogen-bond donors (Lipinski definition) is 3. The molecule has 1 rings (SSSR count). The minimum Gasteiger partial charge on any atom is -0.396 e. The van der Waals surface area contributed by atoms with E-state index >= 15 is 0 Å². The van der Waals surface area contributed by atoms with Crippen molar-refractivity contribution in [2.45, 2.75) is 13.3 Å². The molecule has 0 bridgehead atoms. The summed E-state index contributed by atoms with van der Waals surface area (Å²) < 4.78 is 0. The van der Waals surface area contributed by atoms with Crippen LogP contribution in [0.3, 0.4) is 0 Å². The Morgan fingerprint density at radius 3 is 2.75 bits per heavy atom.